The molecule has 0 aliphatic carbocycles. The van der Waals surface area contributed by atoms with Gasteiger partial charge in [0, 0.05) is 23.1 Å². The molecular weight excluding hydrogens is 270 g/mol. The van der Waals surface area contributed by atoms with Gasteiger partial charge in [-0.25, -0.2) is 0 Å². The predicted octanol–water partition coefficient (Wildman–Crippen LogP) is 3.32. The summed E-state index contributed by atoms with van der Waals surface area (Å²) in [5.41, 5.74) is 1.56. The highest BCUT2D eigenvalue weighted by Crippen LogP contribution is 2.25. The summed E-state index contributed by atoms with van der Waals surface area (Å²) in [5, 5.41) is 4.88. The Hall–Kier alpha value is -1.72. The molecule has 4 nitrogen and oxygen atoms in total. The van der Waals surface area contributed by atoms with E-state index in [4.69, 9.17) is 16.3 Å². The first-order valence-electron chi connectivity index (χ1n) is 5.28. The molecule has 0 radical (unpaired) electrons. The SMILES string of the molecule is Clc1snnc1COc1cccc2ncccc12. The van der Waals surface area contributed by atoms with Gasteiger partial charge in [-0.05, 0) is 24.3 Å². The van der Waals surface area contributed by atoms with Crippen LogP contribution in [0.5, 0.6) is 5.75 Å². The lowest BCUT2D eigenvalue weighted by atomic mass is 10.2. The lowest BCUT2D eigenvalue weighted by Crippen LogP contribution is -1.97. The van der Waals surface area contributed by atoms with E-state index in [2.05, 4.69) is 14.6 Å². The minimum absolute atomic E-state index is 0.309. The van der Waals surface area contributed by atoms with Gasteiger partial charge in [-0.15, -0.1) is 5.10 Å². The number of halogens is 1. The summed E-state index contributed by atoms with van der Waals surface area (Å²) >= 11 is 7.08. The first kappa shape index (κ1) is 11.4. The number of hydrogen-bond donors (Lipinski definition) is 0. The van der Waals surface area contributed by atoms with Crippen LogP contribution in [0.25, 0.3) is 10.9 Å². The molecule has 90 valence electrons. The fraction of sp³-hybridized carbons (Fsp3) is 0.0833. The Morgan fingerprint density at radius 2 is 2.17 bits per heavy atom. The largest absolute Gasteiger partial charge is 0.486 e. The van der Waals surface area contributed by atoms with Crippen LogP contribution in [0.15, 0.2) is 36.5 Å². The highest BCUT2D eigenvalue weighted by atomic mass is 35.5. The van der Waals surface area contributed by atoms with Crippen LogP contribution in [-0.4, -0.2) is 14.6 Å². The van der Waals surface area contributed by atoms with Crippen molar-refractivity contribution in [2.24, 2.45) is 0 Å². The number of nitrogens with zero attached hydrogens (tertiary/aromatic N) is 3. The molecule has 0 atom stereocenters. The Bertz CT molecular complexity index is 680. The topological polar surface area (TPSA) is 47.9 Å². The van der Waals surface area contributed by atoms with Crippen LogP contribution < -0.4 is 4.74 Å². The zero-order valence-electron chi connectivity index (χ0n) is 9.21. The third-order valence-corrected chi connectivity index (χ3v) is 3.46. The maximum atomic E-state index is 5.93. The van der Waals surface area contributed by atoms with E-state index in [0.29, 0.717) is 16.6 Å². The number of hydrogen-bond acceptors (Lipinski definition) is 5. The van der Waals surface area contributed by atoms with Crippen molar-refractivity contribution in [3.8, 4) is 5.75 Å². The molecule has 0 spiro atoms. The van der Waals surface area contributed by atoms with Crippen LogP contribution in [-0.2, 0) is 6.61 Å². The summed E-state index contributed by atoms with van der Waals surface area (Å²) in [5.74, 6) is 0.768. The lowest BCUT2D eigenvalue weighted by Gasteiger charge is -2.07. The molecule has 1 aromatic carbocycles. The summed E-state index contributed by atoms with van der Waals surface area (Å²) in [7, 11) is 0. The molecule has 0 aliphatic rings. The Labute approximate surface area is 112 Å². The molecule has 0 aliphatic heterocycles. The number of aromatic nitrogens is 3. The Balaban J connectivity index is 1.89. The van der Waals surface area contributed by atoms with Gasteiger partial charge in [0.05, 0.1) is 5.52 Å². The van der Waals surface area contributed by atoms with Gasteiger partial charge in [0.15, 0.2) is 0 Å². The average Bonchev–Trinajstić information content (AvgIpc) is 2.82. The molecule has 0 N–H and O–H groups in total. The Morgan fingerprint density at radius 3 is 3.00 bits per heavy atom. The standard InChI is InChI=1S/C12H8ClN3OS/c13-12-10(15-16-18-12)7-17-11-5-1-4-9-8(11)3-2-6-14-9/h1-6H,7H2. The molecule has 0 saturated heterocycles. The van der Waals surface area contributed by atoms with E-state index in [0.717, 1.165) is 28.2 Å². The second-order valence-corrected chi connectivity index (χ2v) is 4.96. The molecule has 3 aromatic rings. The highest BCUT2D eigenvalue weighted by molar-refractivity contribution is 7.10. The lowest BCUT2D eigenvalue weighted by molar-refractivity contribution is 0.305. The number of ether oxygens (including phenoxy) is 1. The summed E-state index contributed by atoms with van der Waals surface area (Å²) in [4.78, 5) is 4.27. The van der Waals surface area contributed by atoms with Crippen LogP contribution in [0.4, 0.5) is 0 Å². The van der Waals surface area contributed by atoms with Crippen LogP contribution in [0.2, 0.25) is 4.34 Å². The van der Waals surface area contributed by atoms with Gasteiger partial charge in [-0.3, -0.25) is 4.98 Å². The van der Waals surface area contributed by atoms with E-state index >= 15 is 0 Å². The van der Waals surface area contributed by atoms with E-state index in [9.17, 15) is 0 Å². The van der Waals surface area contributed by atoms with Crippen molar-refractivity contribution in [2.45, 2.75) is 6.61 Å². The molecule has 0 amide bonds. The third kappa shape index (κ3) is 2.14. The molecule has 0 saturated carbocycles. The fourth-order valence-electron chi connectivity index (χ4n) is 1.63. The van der Waals surface area contributed by atoms with E-state index in [1.54, 1.807) is 6.20 Å². The quantitative estimate of drug-likeness (QED) is 0.737. The Morgan fingerprint density at radius 1 is 1.22 bits per heavy atom. The van der Waals surface area contributed by atoms with E-state index in [1.807, 2.05) is 30.3 Å². The third-order valence-electron chi connectivity index (χ3n) is 2.48. The van der Waals surface area contributed by atoms with Crippen LogP contribution >= 0.6 is 23.1 Å². The predicted molar refractivity (Wildman–Crippen MR) is 71.0 cm³/mol. The van der Waals surface area contributed by atoms with Gasteiger partial charge in [-0.2, -0.15) is 0 Å². The molecule has 2 aromatic heterocycles. The fourth-order valence-corrected chi connectivity index (χ4v) is 2.23. The van der Waals surface area contributed by atoms with Crippen molar-refractivity contribution < 1.29 is 4.74 Å². The Kier molecular flexibility index (Phi) is 3.08. The first-order valence-corrected chi connectivity index (χ1v) is 6.43. The molecule has 0 unspecified atom stereocenters. The summed E-state index contributed by atoms with van der Waals surface area (Å²) in [6, 6.07) is 9.61. The number of fused-ring (bicyclic) bond motifs is 1. The summed E-state index contributed by atoms with van der Waals surface area (Å²) in [6.45, 7) is 0.309. The second-order valence-electron chi connectivity index (χ2n) is 3.61. The second kappa shape index (κ2) is 4.88. The molecular formula is C12H8ClN3OS. The average molecular weight is 278 g/mol. The van der Waals surface area contributed by atoms with Crippen LogP contribution in [0, 0.1) is 0 Å². The van der Waals surface area contributed by atoms with Gasteiger partial charge in [-0.1, -0.05) is 22.2 Å². The summed E-state index contributed by atoms with van der Waals surface area (Å²) in [6.07, 6.45) is 1.76. The van der Waals surface area contributed by atoms with E-state index in [-0.39, 0.29) is 0 Å². The van der Waals surface area contributed by atoms with Crippen molar-refractivity contribution in [1.82, 2.24) is 14.6 Å². The monoisotopic (exact) mass is 277 g/mol. The number of pyridine rings is 1. The normalized spacial score (nSPS) is 10.7. The smallest absolute Gasteiger partial charge is 0.141 e. The van der Waals surface area contributed by atoms with Crippen LogP contribution in [0.1, 0.15) is 5.69 Å². The molecule has 0 bridgehead atoms. The minimum atomic E-state index is 0.309. The van der Waals surface area contributed by atoms with Crippen molar-refractivity contribution in [1.29, 1.82) is 0 Å². The minimum Gasteiger partial charge on any atom is -0.486 e. The number of benzene rings is 1. The molecule has 18 heavy (non-hydrogen) atoms. The van der Waals surface area contributed by atoms with E-state index in [1.165, 1.54) is 0 Å². The van der Waals surface area contributed by atoms with Gasteiger partial charge < -0.3 is 4.74 Å². The van der Waals surface area contributed by atoms with Crippen molar-refractivity contribution in [2.75, 3.05) is 0 Å². The van der Waals surface area contributed by atoms with E-state index < -0.39 is 0 Å². The summed E-state index contributed by atoms with van der Waals surface area (Å²) < 4.78 is 10.1. The zero-order valence-corrected chi connectivity index (χ0v) is 10.8. The van der Waals surface area contributed by atoms with Gasteiger partial charge >= 0.3 is 0 Å². The van der Waals surface area contributed by atoms with Crippen LogP contribution in [0.3, 0.4) is 0 Å². The molecule has 6 heteroatoms. The number of rotatable bonds is 3. The maximum absolute atomic E-state index is 5.93. The molecule has 2 heterocycles. The van der Waals surface area contributed by atoms with Crippen molar-refractivity contribution in [3.05, 3.63) is 46.6 Å². The van der Waals surface area contributed by atoms with Gasteiger partial charge in [0.1, 0.15) is 22.4 Å². The maximum Gasteiger partial charge on any atom is 0.141 e. The van der Waals surface area contributed by atoms with Crippen molar-refractivity contribution >= 4 is 34.0 Å². The first-order chi connectivity index (χ1) is 8.84. The highest BCUT2D eigenvalue weighted by Gasteiger charge is 2.07. The molecule has 0 fully saturated rings. The van der Waals surface area contributed by atoms with Gasteiger partial charge in [0.2, 0.25) is 0 Å². The zero-order chi connectivity index (χ0) is 12.4. The molecule has 3 rings (SSSR count). The van der Waals surface area contributed by atoms with Crippen molar-refractivity contribution in [3.63, 3.8) is 0 Å². The van der Waals surface area contributed by atoms with Gasteiger partial charge in [0.25, 0.3) is 0 Å².